The van der Waals surface area contributed by atoms with Crippen LogP contribution in [0.5, 0.6) is 0 Å². The van der Waals surface area contributed by atoms with Gasteiger partial charge in [-0.2, -0.15) is 0 Å². The Bertz CT molecular complexity index is 152. The van der Waals surface area contributed by atoms with E-state index in [-0.39, 0.29) is 14.2 Å². The summed E-state index contributed by atoms with van der Waals surface area (Å²) in [5.74, 6) is -0.201. The van der Waals surface area contributed by atoms with Crippen LogP contribution >= 0.6 is 15.9 Å². The molecule has 9 heavy (non-hydrogen) atoms. The molecule has 3 heteroatoms. The molecule has 1 rings (SSSR count). The van der Waals surface area contributed by atoms with Crippen LogP contribution in [-0.2, 0) is 0 Å². The van der Waals surface area contributed by atoms with E-state index >= 15 is 0 Å². The molecule has 0 aromatic heterocycles. The van der Waals surface area contributed by atoms with Crippen molar-refractivity contribution in [2.75, 3.05) is 0 Å². The summed E-state index contributed by atoms with van der Waals surface area (Å²) in [7, 11) is 0. The van der Waals surface area contributed by atoms with E-state index in [0.29, 0.717) is 0 Å². The Morgan fingerprint density at radius 2 is 1.56 bits per heavy atom. The minimum absolute atomic E-state index is 0. The average Bonchev–Trinajstić information content (AvgIpc) is 1.77. The van der Waals surface area contributed by atoms with Gasteiger partial charge >= 0.3 is 0 Å². The topological polar surface area (TPSA) is 0 Å². The SMILES string of the molecule is Fc1ccc(Br)cc1.[B]. The molecule has 0 nitrogen and oxygen atoms in total. The molecule has 1 aromatic carbocycles. The molecular weight excluding hydrogens is 182 g/mol. The molecule has 0 saturated carbocycles. The second-order valence-electron chi connectivity index (χ2n) is 1.44. The Hall–Kier alpha value is -0.305. The second kappa shape index (κ2) is 3.67. The standard InChI is InChI=1S/C6H4BrF.B/c7-5-1-3-6(8)4-2-5;/h1-4H;. The molecule has 0 spiro atoms. The number of rotatable bonds is 0. The third kappa shape index (κ3) is 2.66. The number of benzene rings is 1. The van der Waals surface area contributed by atoms with Crippen LogP contribution in [0.1, 0.15) is 0 Å². The van der Waals surface area contributed by atoms with Gasteiger partial charge in [0.05, 0.1) is 0 Å². The van der Waals surface area contributed by atoms with Gasteiger partial charge < -0.3 is 0 Å². The van der Waals surface area contributed by atoms with Crippen LogP contribution in [0, 0.1) is 5.82 Å². The van der Waals surface area contributed by atoms with Gasteiger partial charge in [-0.1, -0.05) is 15.9 Å². The summed E-state index contributed by atoms with van der Waals surface area (Å²) in [5.41, 5.74) is 0. The van der Waals surface area contributed by atoms with Crippen molar-refractivity contribution in [3.63, 3.8) is 0 Å². The normalized spacial score (nSPS) is 8.22. The third-order valence-corrected chi connectivity index (χ3v) is 1.33. The van der Waals surface area contributed by atoms with Gasteiger partial charge in [0.15, 0.2) is 0 Å². The maximum absolute atomic E-state index is 12.1. The lowest BCUT2D eigenvalue weighted by Gasteiger charge is -1.85. The Labute approximate surface area is 63.8 Å². The first kappa shape index (κ1) is 8.69. The Balaban J connectivity index is 0.000000640. The van der Waals surface area contributed by atoms with Crippen LogP contribution in [0.15, 0.2) is 28.7 Å². The molecule has 3 radical (unpaired) electrons. The van der Waals surface area contributed by atoms with E-state index in [0.717, 1.165) is 4.47 Å². The molecule has 45 valence electrons. The Kier molecular flexibility index (Phi) is 3.55. The highest BCUT2D eigenvalue weighted by atomic mass is 79.9. The molecule has 0 aliphatic heterocycles. The first-order chi connectivity index (χ1) is 3.79. The van der Waals surface area contributed by atoms with E-state index in [9.17, 15) is 4.39 Å². The predicted molar refractivity (Wildman–Crippen MR) is 39.9 cm³/mol. The molecule has 0 N–H and O–H groups in total. The van der Waals surface area contributed by atoms with Crippen molar-refractivity contribution in [2.24, 2.45) is 0 Å². The zero-order chi connectivity index (χ0) is 5.98. The summed E-state index contributed by atoms with van der Waals surface area (Å²) < 4.78 is 13.0. The zero-order valence-corrected chi connectivity index (χ0v) is 6.23. The van der Waals surface area contributed by atoms with Crippen molar-refractivity contribution < 1.29 is 4.39 Å². The molecule has 0 unspecified atom stereocenters. The summed E-state index contributed by atoms with van der Waals surface area (Å²) in [6, 6.07) is 6.14. The molecular formula is C6H4BBrF. The van der Waals surface area contributed by atoms with Crippen molar-refractivity contribution in [1.29, 1.82) is 0 Å². The smallest absolute Gasteiger partial charge is 0.123 e. The van der Waals surface area contributed by atoms with Gasteiger partial charge in [0.2, 0.25) is 0 Å². The van der Waals surface area contributed by atoms with Crippen LogP contribution in [0.25, 0.3) is 0 Å². The first-order valence-electron chi connectivity index (χ1n) is 2.20. The molecule has 1 aromatic rings. The summed E-state index contributed by atoms with van der Waals surface area (Å²) in [4.78, 5) is 0. The lowest BCUT2D eigenvalue weighted by molar-refractivity contribution is 0.627. The fraction of sp³-hybridized carbons (Fsp3) is 0. The second-order valence-corrected chi connectivity index (χ2v) is 2.35. The van der Waals surface area contributed by atoms with Crippen LogP contribution in [0.2, 0.25) is 0 Å². The van der Waals surface area contributed by atoms with Crippen LogP contribution in [0.3, 0.4) is 0 Å². The summed E-state index contributed by atoms with van der Waals surface area (Å²) in [5, 5.41) is 0. The van der Waals surface area contributed by atoms with Crippen molar-refractivity contribution >= 4 is 24.3 Å². The van der Waals surface area contributed by atoms with E-state index in [1.807, 2.05) is 0 Å². The number of hydrogen-bond donors (Lipinski definition) is 0. The average molecular weight is 186 g/mol. The number of hydrogen-bond acceptors (Lipinski definition) is 0. The van der Waals surface area contributed by atoms with E-state index in [2.05, 4.69) is 15.9 Å². The fourth-order valence-corrected chi connectivity index (χ4v) is 0.694. The highest BCUT2D eigenvalue weighted by molar-refractivity contribution is 9.10. The fourth-order valence-electron chi connectivity index (χ4n) is 0.430. The predicted octanol–water partition coefficient (Wildman–Crippen LogP) is 2.21. The third-order valence-electron chi connectivity index (χ3n) is 0.804. The molecule has 0 aliphatic carbocycles. The summed E-state index contributed by atoms with van der Waals surface area (Å²) in [6.45, 7) is 0. The molecule has 0 atom stereocenters. The quantitative estimate of drug-likeness (QED) is 0.544. The largest absolute Gasteiger partial charge is 0.207 e. The van der Waals surface area contributed by atoms with Gasteiger partial charge in [-0.05, 0) is 24.3 Å². The zero-order valence-electron chi connectivity index (χ0n) is 4.64. The van der Waals surface area contributed by atoms with Crippen LogP contribution < -0.4 is 0 Å². The van der Waals surface area contributed by atoms with Crippen molar-refractivity contribution in [1.82, 2.24) is 0 Å². The van der Waals surface area contributed by atoms with Gasteiger partial charge in [0, 0.05) is 12.9 Å². The molecule has 0 amide bonds. The van der Waals surface area contributed by atoms with E-state index in [1.54, 1.807) is 12.1 Å². The Morgan fingerprint density at radius 1 is 1.11 bits per heavy atom. The first-order valence-corrected chi connectivity index (χ1v) is 2.99. The van der Waals surface area contributed by atoms with Gasteiger partial charge in [0.25, 0.3) is 0 Å². The lowest BCUT2D eigenvalue weighted by Crippen LogP contribution is -1.67. The lowest BCUT2D eigenvalue weighted by atomic mass is 10.4. The maximum atomic E-state index is 12.1. The summed E-state index contributed by atoms with van der Waals surface area (Å²) >= 11 is 3.18. The molecule has 0 bridgehead atoms. The highest BCUT2D eigenvalue weighted by Gasteiger charge is 1.84. The summed E-state index contributed by atoms with van der Waals surface area (Å²) in [6.07, 6.45) is 0. The van der Waals surface area contributed by atoms with Gasteiger partial charge in [0.1, 0.15) is 5.82 Å². The minimum Gasteiger partial charge on any atom is -0.207 e. The molecule has 0 aliphatic rings. The maximum Gasteiger partial charge on any atom is 0.123 e. The molecule has 0 heterocycles. The van der Waals surface area contributed by atoms with Gasteiger partial charge in [-0.25, -0.2) is 4.39 Å². The van der Waals surface area contributed by atoms with Crippen molar-refractivity contribution in [2.45, 2.75) is 0 Å². The van der Waals surface area contributed by atoms with Crippen molar-refractivity contribution in [3.05, 3.63) is 34.6 Å². The van der Waals surface area contributed by atoms with Gasteiger partial charge in [-0.3, -0.25) is 0 Å². The molecule has 0 saturated heterocycles. The van der Waals surface area contributed by atoms with Crippen LogP contribution in [-0.4, -0.2) is 8.41 Å². The van der Waals surface area contributed by atoms with Crippen LogP contribution in [0.4, 0.5) is 4.39 Å². The minimum atomic E-state index is -0.201. The van der Waals surface area contributed by atoms with E-state index in [1.165, 1.54) is 12.1 Å². The van der Waals surface area contributed by atoms with Crippen molar-refractivity contribution in [3.8, 4) is 0 Å². The monoisotopic (exact) mass is 185 g/mol. The Morgan fingerprint density at radius 3 is 1.89 bits per heavy atom. The highest BCUT2D eigenvalue weighted by Crippen LogP contribution is 2.08. The number of halogens is 2. The van der Waals surface area contributed by atoms with E-state index in [4.69, 9.17) is 0 Å². The van der Waals surface area contributed by atoms with Gasteiger partial charge in [-0.15, -0.1) is 0 Å². The molecule has 0 fully saturated rings. The van der Waals surface area contributed by atoms with E-state index < -0.39 is 0 Å².